The van der Waals surface area contributed by atoms with Crippen LogP contribution in [-0.2, 0) is 0 Å². The first-order chi connectivity index (χ1) is 8.02. The molecule has 0 aliphatic carbocycles. The zero-order chi connectivity index (χ0) is 12.6. The Morgan fingerprint density at radius 3 is 2.41 bits per heavy atom. The van der Waals surface area contributed by atoms with Gasteiger partial charge >= 0.3 is 0 Å². The molecule has 0 amide bonds. The first kappa shape index (κ1) is 11.9. The molecule has 2 nitrogen and oxygen atoms in total. The lowest BCUT2D eigenvalue weighted by molar-refractivity contribution is 1.15. The smallest absolute Gasteiger partial charge is 0.0686 e. The molecule has 2 rings (SSSR count). The Balaban J connectivity index is 2.44. The van der Waals surface area contributed by atoms with Gasteiger partial charge < -0.3 is 4.98 Å². The number of aromatic amines is 1. The fourth-order valence-electron chi connectivity index (χ4n) is 2.46. The van der Waals surface area contributed by atoms with Crippen LogP contribution in [-0.4, -0.2) is 10.7 Å². The van der Waals surface area contributed by atoms with Gasteiger partial charge in [-0.25, -0.2) is 0 Å². The maximum absolute atomic E-state index is 4.65. The van der Waals surface area contributed by atoms with Gasteiger partial charge in [0.15, 0.2) is 0 Å². The highest BCUT2D eigenvalue weighted by Crippen LogP contribution is 2.29. The van der Waals surface area contributed by atoms with E-state index in [4.69, 9.17) is 0 Å². The normalized spacial score (nSPS) is 18.2. The number of rotatable bonds is 2. The number of aliphatic imine (C=N–C) groups is 1. The number of H-pyrrole nitrogens is 1. The first-order valence-corrected chi connectivity index (χ1v) is 6.16. The quantitative estimate of drug-likeness (QED) is 0.787. The molecule has 0 saturated heterocycles. The van der Waals surface area contributed by atoms with E-state index in [9.17, 15) is 0 Å². The Hall–Kier alpha value is -1.57. The first-order valence-electron chi connectivity index (χ1n) is 6.16. The molecule has 0 radical (unpaired) electrons. The topological polar surface area (TPSA) is 28.1 Å². The van der Waals surface area contributed by atoms with Crippen LogP contribution in [0.1, 0.15) is 44.1 Å². The molecule has 0 atom stereocenters. The van der Waals surface area contributed by atoms with E-state index in [0.717, 1.165) is 17.8 Å². The van der Waals surface area contributed by atoms with Gasteiger partial charge in [-0.05, 0) is 63.0 Å². The van der Waals surface area contributed by atoms with Crippen molar-refractivity contribution >= 4 is 11.8 Å². The number of nitrogens with zero attached hydrogens (tertiary/aromatic N) is 1. The fraction of sp³-hybridized carbons (Fsp3) is 0.400. The maximum Gasteiger partial charge on any atom is 0.0686 e. The minimum Gasteiger partial charge on any atom is -0.359 e. The van der Waals surface area contributed by atoms with Crippen molar-refractivity contribution in [1.29, 1.82) is 0 Å². The van der Waals surface area contributed by atoms with E-state index in [1.807, 2.05) is 0 Å². The predicted octanol–water partition coefficient (Wildman–Crippen LogP) is 4.17. The number of aryl methyl sites for hydroxylation is 2. The van der Waals surface area contributed by atoms with E-state index in [1.165, 1.54) is 28.1 Å². The Morgan fingerprint density at radius 2 is 1.94 bits per heavy atom. The van der Waals surface area contributed by atoms with Crippen molar-refractivity contribution in [2.75, 3.05) is 0 Å². The summed E-state index contributed by atoms with van der Waals surface area (Å²) in [5.74, 6) is 0. The molecule has 1 aromatic rings. The summed E-state index contributed by atoms with van der Waals surface area (Å²) in [7, 11) is 0. The molecule has 90 valence electrons. The summed E-state index contributed by atoms with van der Waals surface area (Å²) in [6, 6.07) is 2.16. The molecule has 2 heterocycles. The van der Waals surface area contributed by atoms with Gasteiger partial charge in [0.25, 0.3) is 0 Å². The van der Waals surface area contributed by atoms with Crippen molar-refractivity contribution in [3.05, 3.63) is 39.9 Å². The van der Waals surface area contributed by atoms with E-state index < -0.39 is 0 Å². The van der Waals surface area contributed by atoms with Crippen molar-refractivity contribution in [2.24, 2.45) is 4.99 Å². The predicted molar refractivity (Wildman–Crippen MR) is 74.3 cm³/mol. The summed E-state index contributed by atoms with van der Waals surface area (Å²) in [4.78, 5) is 8.02. The van der Waals surface area contributed by atoms with E-state index in [-0.39, 0.29) is 0 Å². The van der Waals surface area contributed by atoms with Crippen LogP contribution in [0.5, 0.6) is 0 Å². The molecule has 1 aliphatic rings. The van der Waals surface area contributed by atoms with Gasteiger partial charge in [-0.2, -0.15) is 0 Å². The monoisotopic (exact) mass is 228 g/mol. The van der Waals surface area contributed by atoms with Crippen LogP contribution in [0, 0.1) is 13.8 Å². The second kappa shape index (κ2) is 4.36. The molecular weight excluding hydrogens is 208 g/mol. The molecule has 0 aromatic carbocycles. The van der Waals surface area contributed by atoms with E-state index >= 15 is 0 Å². The Morgan fingerprint density at radius 1 is 1.24 bits per heavy atom. The molecule has 0 spiro atoms. The van der Waals surface area contributed by atoms with Gasteiger partial charge in [-0.15, -0.1) is 0 Å². The summed E-state index contributed by atoms with van der Waals surface area (Å²) in [5, 5.41) is 0. The van der Waals surface area contributed by atoms with E-state index in [2.05, 4.69) is 56.7 Å². The zero-order valence-electron chi connectivity index (χ0n) is 11.3. The highest BCUT2D eigenvalue weighted by Gasteiger charge is 2.16. The second-order valence-electron chi connectivity index (χ2n) is 4.73. The minimum absolute atomic E-state index is 1.06. The lowest BCUT2D eigenvalue weighted by Gasteiger charge is -2.00. The van der Waals surface area contributed by atoms with Crippen LogP contribution >= 0.6 is 0 Å². The van der Waals surface area contributed by atoms with Crippen molar-refractivity contribution in [1.82, 2.24) is 4.98 Å². The van der Waals surface area contributed by atoms with Crippen molar-refractivity contribution < 1.29 is 0 Å². The summed E-state index contributed by atoms with van der Waals surface area (Å²) < 4.78 is 0. The average Bonchev–Trinajstić information content (AvgIpc) is 2.69. The number of hydrogen-bond donors (Lipinski definition) is 1. The number of allylic oxidation sites excluding steroid dienone is 2. The lowest BCUT2D eigenvalue weighted by Crippen LogP contribution is -1.91. The standard InChI is InChI=1S/C15H20N2/c1-6-13-11(4)15(17-12(13)5)8-14-9(2)7-10(3)16-14/h7-8,16H,6H2,1-5H3/b15-8-. The molecule has 2 heteroatoms. The third kappa shape index (κ3) is 2.12. The minimum atomic E-state index is 1.06. The Labute approximate surface area is 103 Å². The molecule has 0 bridgehead atoms. The van der Waals surface area contributed by atoms with Crippen LogP contribution < -0.4 is 0 Å². The van der Waals surface area contributed by atoms with Gasteiger partial charge in [0, 0.05) is 17.1 Å². The highest BCUT2D eigenvalue weighted by atomic mass is 14.8. The maximum atomic E-state index is 4.65. The van der Waals surface area contributed by atoms with Gasteiger partial charge in [0.2, 0.25) is 0 Å². The summed E-state index contributed by atoms with van der Waals surface area (Å²) in [6.07, 6.45) is 3.21. The Bertz CT molecular complexity index is 539. The summed E-state index contributed by atoms with van der Waals surface area (Å²) in [5.41, 5.74) is 8.62. The lowest BCUT2D eigenvalue weighted by atomic mass is 10.0. The van der Waals surface area contributed by atoms with Crippen LogP contribution in [0.3, 0.4) is 0 Å². The van der Waals surface area contributed by atoms with Gasteiger partial charge in [0.1, 0.15) is 0 Å². The molecule has 1 N–H and O–H groups in total. The van der Waals surface area contributed by atoms with Gasteiger partial charge in [0.05, 0.1) is 5.70 Å². The zero-order valence-corrected chi connectivity index (χ0v) is 11.3. The van der Waals surface area contributed by atoms with Crippen LogP contribution in [0.2, 0.25) is 0 Å². The van der Waals surface area contributed by atoms with Crippen molar-refractivity contribution in [3.8, 4) is 0 Å². The third-order valence-electron chi connectivity index (χ3n) is 3.39. The van der Waals surface area contributed by atoms with E-state index in [0.29, 0.717) is 0 Å². The molecule has 0 fully saturated rings. The Kier molecular flexibility index (Phi) is 3.05. The molecular formula is C15H20N2. The number of nitrogens with one attached hydrogen (secondary N) is 1. The van der Waals surface area contributed by atoms with Gasteiger partial charge in [-0.1, -0.05) is 6.92 Å². The SMILES string of the molecule is CCC1=C(C)/C(=C/c2[nH]c(C)cc2C)N=C1C. The molecule has 17 heavy (non-hydrogen) atoms. The van der Waals surface area contributed by atoms with Gasteiger partial charge in [-0.3, -0.25) is 4.99 Å². The van der Waals surface area contributed by atoms with Crippen LogP contribution in [0.4, 0.5) is 0 Å². The third-order valence-corrected chi connectivity index (χ3v) is 3.39. The fourth-order valence-corrected chi connectivity index (χ4v) is 2.46. The summed E-state index contributed by atoms with van der Waals surface area (Å²) >= 11 is 0. The highest BCUT2D eigenvalue weighted by molar-refractivity contribution is 6.03. The van der Waals surface area contributed by atoms with E-state index in [1.54, 1.807) is 0 Å². The second-order valence-corrected chi connectivity index (χ2v) is 4.73. The molecule has 0 unspecified atom stereocenters. The largest absolute Gasteiger partial charge is 0.359 e. The van der Waals surface area contributed by atoms with Crippen LogP contribution in [0.25, 0.3) is 6.08 Å². The molecule has 1 aromatic heterocycles. The molecule has 1 aliphatic heterocycles. The average molecular weight is 228 g/mol. The van der Waals surface area contributed by atoms with Crippen molar-refractivity contribution in [3.63, 3.8) is 0 Å². The van der Waals surface area contributed by atoms with Crippen molar-refractivity contribution in [2.45, 2.75) is 41.0 Å². The summed E-state index contributed by atoms with van der Waals surface area (Å²) in [6.45, 7) is 10.6. The number of aromatic nitrogens is 1. The number of hydrogen-bond acceptors (Lipinski definition) is 1. The van der Waals surface area contributed by atoms with Crippen LogP contribution in [0.15, 0.2) is 27.9 Å². The molecule has 0 saturated carbocycles.